The first kappa shape index (κ1) is 24.0. The third-order valence-corrected chi connectivity index (χ3v) is 7.24. The highest BCUT2D eigenvalue weighted by molar-refractivity contribution is 9.10. The summed E-state index contributed by atoms with van der Waals surface area (Å²) in [5, 5.41) is 24.9. The summed E-state index contributed by atoms with van der Waals surface area (Å²) >= 11 is 3.76. The topological polar surface area (TPSA) is 136 Å². The lowest BCUT2D eigenvalue weighted by molar-refractivity contribution is 0.0690. The van der Waals surface area contributed by atoms with Crippen LogP contribution in [0, 0.1) is 6.92 Å². The number of aryl methyl sites for hydroxylation is 2. The number of furan rings is 1. The van der Waals surface area contributed by atoms with E-state index < -0.39 is 5.97 Å². The van der Waals surface area contributed by atoms with Crippen LogP contribution in [0.5, 0.6) is 0 Å². The average Bonchev–Trinajstić information content (AvgIpc) is 3.64. The number of carbonyl (C=O) groups is 1. The molecular formula is C27H22BrN7O3. The molecule has 38 heavy (non-hydrogen) atoms. The van der Waals surface area contributed by atoms with Crippen molar-refractivity contribution in [1.29, 1.82) is 0 Å². The Morgan fingerprint density at radius 2 is 1.95 bits per heavy atom. The van der Waals surface area contributed by atoms with Crippen LogP contribution in [0.25, 0.3) is 44.8 Å². The van der Waals surface area contributed by atoms with Gasteiger partial charge in [0.05, 0.1) is 11.0 Å². The number of aromatic nitrogens is 7. The number of tetrazole rings is 1. The van der Waals surface area contributed by atoms with Crippen LogP contribution in [-0.4, -0.2) is 46.2 Å². The van der Waals surface area contributed by atoms with Gasteiger partial charge in [0.1, 0.15) is 22.7 Å². The van der Waals surface area contributed by atoms with Gasteiger partial charge in [0.25, 0.3) is 0 Å². The number of nitrogens with zero attached hydrogens (tertiary/aromatic N) is 6. The first-order valence-electron chi connectivity index (χ1n) is 12.1. The summed E-state index contributed by atoms with van der Waals surface area (Å²) in [6.07, 6.45) is 1.66. The number of pyridine rings is 1. The molecule has 0 aliphatic rings. The predicted molar refractivity (Wildman–Crippen MR) is 145 cm³/mol. The highest BCUT2D eigenvalue weighted by Crippen LogP contribution is 2.41. The Labute approximate surface area is 224 Å². The molecule has 0 atom stereocenters. The third kappa shape index (κ3) is 4.04. The van der Waals surface area contributed by atoms with Crippen LogP contribution in [-0.2, 0) is 13.0 Å². The predicted octanol–water partition coefficient (Wildman–Crippen LogP) is 5.79. The lowest BCUT2D eigenvalue weighted by Gasteiger charge is -2.09. The Hall–Kier alpha value is -4.38. The van der Waals surface area contributed by atoms with E-state index in [0.717, 1.165) is 61.9 Å². The molecule has 2 aromatic carbocycles. The Morgan fingerprint density at radius 1 is 1.13 bits per heavy atom. The molecule has 10 nitrogen and oxygen atoms in total. The molecule has 0 unspecified atom stereocenters. The number of H-pyrrole nitrogens is 1. The quantitative estimate of drug-likeness (QED) is 0.245. The number of rotatable bonds is 7. The maximum atomic E-state index is 11.7. The summed E-state index contributed by atoms with van der Waals surface area (Å²) in [5.41, 5.74) is 5.48. The van der Waals surface area contributed by atoms with Gasteiger partial charge < -0.3 is 14.1 Å². The third-order valence-electron chi connectivity index (χ3n) is 6.46. The number of fused-ring (bicyclic) bond motifs is 2. The van der Waals surface area contributed by atoms with Crippen molar-refractivity contribution >= 4 is 44.0 Å². The van der Waals surface area contributed by atoms with E-state index in [-0.39, 0.29) is 5.69 Å². The van der Waals surface area contributed by atoms with Gasteiger partial charge in [-0.2, -0.15) is 5.21 Å². The van der Waals surface area contributed by atoms with Gasteiger partial charge in [0, 0.05) is 22.9 Å². The first-order chi connectivity index (χ1) is 18.4. The number of nitrogens with one attached hydrogen (secondary N) is 1. The van der Waals surface area contributed by atoms with E-state index in [1.54, 1.807) is 6.07 Å². The second-order valence-corrected chi connectivity index (χ2v) is 9.82. The molecular weight excluding hydrogens is 550 g/mol. The van der Waals surface area contributed by atoms with Crippen molar-refractivity contribution in [2.24, 2.45) is 0 Å². The number of hydrogen-bond donors (Lipinski definition) is 2. The van der Waals surface area contributed by atoms with Gasteiger partial charge in [0.2, 0.25) is 5.82 Å². The number of carboxylic acids is 1. The Morgan fingerprint density at radius 3 is 2.68 bits per heavy atom. The monoisotopic (exact) mass is 571 g/mol. The number of benzene rings is 2. The molecule has 0 aliphatic carbocycles. The molecule has 0 saturated carbocycles. The van der Waals surface area contributed by atoms with E-state index >= 15 is 0 Å². The second-order valence-electron chi connectivity index (χ2n) is 9.02. The highest BCUT2D eigenvalue weighted by atomic mass is 79.9. The summed E-state index contributed by atoms with van der Waals surface area (Å²) in [5.74, 6) is 0.965. The zero-order valence-electron chi connectivity index (χ0n) is 20.6. The fourth-order valence-corrected chi connectivity index (χ4v) is 5.30. The molecule has 4 aromatic heterocycles. The number of aromatic carboxylic acids is 1. The molecule has 0 fully saturated rings. The van der Waals surface area contributed by atoms with Gasteiger partial charge in [-0.15, -0.1) is 10.2 Å². The fourth-order valence-electron chi connectivity index (χ4n) is 4.70. The molecule has 4 heterocycles. The van der Waals surface area contributed by atoms with Crippen molar-refractivity contribution in [2.45, 2.75) is 33.2 Å². The lowest BCUT2D eigenvalue weighted by Crippen LogP contribution is -2.08. The molecule has 6 aromatic rings. The number of carboxylic acid groups (broad SMARTS) is 1. The van der Waals surface area contributed by atoms with E-state index in [2.05, 4.69) is 54.5 Å². The number of imidazole rings is 1. The Bertz CT molecular complexity index is 1820. The molecule has 11 heteroatoms. The normalized spacial score (nSPS) is 11.6. The van der Waals surface area contributed by atoms with Crippen LogP contribution in [0.15, 0.2) is 57.4 Å². The van der Waals surface area contributed by atoms with Crippen molar-refractivity contribution in [3.63, 3.8) is 0 Å². The number of halogens is 1. The minimum absolute atomic E-state index is 0.0112. The van der Waals surface area contributed by atoms with Crippen molar-refractivity contribution < 1.29 is 14.3 Å². The minimum Gasteiger partial charge on any atom is -0.477 e. The van der Waals surface area contributed by atoms with Gasteiger partial charge >= 0.3 is 5.97 Å². The minimum atomic E-state index is -1.06. The van der Waals surface area contributed by atoms with Gasteiger partial charge in [-0.3, -0.25) is 0 Å². The van der Waals surface area contributed by atoms with Crippen LogP contribution in [0.3, 0.4) is 0 Å². The van der Waals surface area contributed by atoms with Crippen LogP contribution in [0.1, 0.15) is 40.8 Å². The van der Waals surface area contributed by atoms with E-state index in [1.165, 1.54) is 0 Å². The summed E-state index contributed by atoms with van der Waals surface area (Å²) in [6, 6.07) is 15.3. The zero-order valence-corrected chi connectivity index (χ0v) is 22.2. The maximum absolute atomic E-state index is 11.7. The number of aromatic amines is 1. The van der Waals surface area contributed by atoms with Crippen LogP contribution >= 0.6 is 15.9 Å². The standard InChI is InChI=1S/C27H22BrN7O3/c1-3-6-21-30-23-14(2)11-19(27(36)37)29-26(23)35(21)13-15-9-10-20-18(12-15)22(28)24(38-20)16-7-4-5-8-17(16)25-31-33-34-32-25/h4-5,7-12H,3,6,13H2,1-2H3,(H,36,37)(H,31,32,33,34). The molecule has 0 aliphatic heterocycles. The van der Waals surface area contributed by atoms with E-state index in [9.17, 15) is 9.90 Å². The average molecular weight is 572 g/mol. The Balaban J connectivity index is 1.45. The van der Waals surface area contributed by atoms with Gasteiger partial charge in [0.15, 0.2) is 11.3 Å². The first-order valence-corrected chi connectivity index (χ1v) is 12.9. The van der Waals surface area contributed by atoms with Crippen LogP contribution in [0.2, 0.25) is 0 Å². The fraction of sp³-hybridized carbons (Fsp3) is 0.185. The molecule has 6 rings (SSSR count). The lowest BCUT2D eigenvalue weighted by atomic mass is 10.0. The molecule has 2 N–H and O–H groups in total. The zero-order chi connectivity index (χ0) is 26.4. The van der Waals surface area contributed by atoms with Gasteiger partial charge in [-0.1, -0.05) is 37.3 Å². The van der Waals surface area contributed by atoms with Crippen LogP contribution in [0.4, 0.5) is 0 Å². The van der Waals surface area contributed by atoms with E-state index in [0.29, 0.717) is 23.8 Å². The van der Waals surface area contributed by atoms with E-state index in [4.69, 9.17) is 9.40 Å². The molecule has 190 valence electrons. The van der Waals surface area contributed by atoms with Crippen molar-refractivity contribution in [3.8, 4) is 22.7 Å². The summed E-state index contributed by atoms with van der Waals surface area (Å²) in [7, 11) is 0. The second kappa shape index (κ2) is 9.49. The Kier molecular flexibility index (Phi) is 5.99. The van der Waals surface area contributed by atoms with Gasteiger partial charge in [-0.25, -0.2) is 14.8 Å². The summed E-state index contributed by atoms with van der Waals surface area (Å²) < 4.78 is 9.10. The SMILES string of the molecule is CCCc1nc2c(C)cc(C(=O)O)nc2n1Cc1ccc2oc(-c3ccccc3-c3nn[nH]n3)c(Br)c2c1. The van der Waals surface area contributed by atoms with Gasteiger partial charge in [-0.05, 0) is 63.8 Å². The maximum Gasteiger partial charge on any atom is 0.354 e. The highest BCUT2D eigenvalue weighted by Gasteiger charge is 2.21. The molecule has 0 spiro atoms. The molecule has 0 saturated heterocycles. The van der Waals surface area contributed by atoms with Crippen molar-refractivity contribution in [3.05, 3.63) is 75.6 Å². The summed E-state index contributed by atoms with van der Waals surface area (Å²) in [4.78, 5) is 20.9. The number of hydrogen-bond acceptors (Lipinski definition) is 7. The molecule has 0 bridgehead atoms. The van der Waals surface area contributed by atoms with Crippen molar-refractivity contribution in [2.75, 3.05) is 0 Å². The van der Waals surface area contributed by atoms with E-state index in [1.807, 2.05) is 47.9 Å². The van der Waals surface area contributed by atoms with Crippen molar-refractivity contribution in [1.82, 2.24) is 35.2 Å². The molecule has 0 amide bonds. The summed E-state index contributed by atoms with van der Waals surface area (Å²) in [6.45, 7) is 4.45. The van der Waals surface area contributed by atoms with Crippen LogP contribution < -0.4 is 0 Å². The largest absolute Gasteiger partial charge is 0.477 e. The molecule has 0 radical (unpaired) electrons. The smallest absolute Gasteiger partial charge is 0.354 e.